The van der Waals surface area contributed by atoms with E-state index in [4.69, 9.17) is 4.74 Å². The third-order valence-corrected chi connectivity index (χ3v) is 7.53. The fourth-order valence-corrected chi connectivity index (χ4v) is 5.81. The van der Waals surface area contributed by atoms with Crippen LogP contribution in [0.4, 0.5) is 19.3 Å². The number of nitrogens with one attached hydrogen (secondary N) is 2. The van der Waals surface area contributed by atoms with Crippen LogP contribution >= 0.6 is 0 Å². The number of ether oxygens (including phenoxy) is 1. The molecule has 4 atom stereocenters. The molecule has 2 bridgehead atoms. The quantitative estimate of drug-likeness (QED) is 0.678. The largest absolute Gasteiger partial charge is 0.449 e. The van der Waals surface area contributed by atoms with Gasteiger partial charge in [0.25, 0.3) is 0 Å². The third-order valence-electron chi connectivity index (χ3n) is 7.53. The highest BCUT2D eigenvalue weighted by molar-refractivity contribution is 6.01. The van der Waals surface area contributed by atoms with Crippen molar-refractivity contribution < 1.29 is 27.9 Å². The van der Waals surface area contributed by atoms with Crippen LogP contribution < -0.4 is 15.5 Å². The summed E-state index contributed by atoms with van der Waals surface area (Å²) in [6.07, 6.45) is 4.66. The highest BCUT2D eigenvalue weighted by atomic mass is 19.1. The van der Waals surface area contributed by atoms with Gasteiger partial charge in [-0.3, -0.25) is 14.9 Å². The van der Waals surface area contributed by atoms with Crippen molar-refractivity contribution in [2.24, 2.45) is 17.8 Å². The number of halogens is 2. The van der Waals surface area contributed by atoms with Crippen molar-refractivity contribution in [3.8, 4) is 0 Å². The summed E-state index contributed by atoms with van der Waals surface area (Å²) in [5.74, 6) is -1.77. The Hall–Kier alpha value is -2.71. The first kappa shape index (κ1) is 21.2. The van der Waals surface area contributed by atoms with Gasteiger partial charge in [0, 0.05) is 30.8 Å². The summed E-state index contributed by atoms with van der Waals surface area (Å²) < 4.78 is 34.8. The van der Waals surface area contributed by atoms with Crippen molar-refractivity contribution in [2.45, 2.75) is 50.5 Å². The Morgan fingerprint density at radius 3 is 2.50 bits per heavy atom. The second-order valence-electron chi connectivity index (χ2n) is 9.61. The molecule has 3 unspecified atom stereocenters. The zero-order valence-corrected chi connectivity index (χ0v) is 17.7. The molecule has 2 aliphatic heterocycles. The average molecular weight is 447 g/mol. The number of benzene rings is 1. The molecule has 5 rings (SSSR count). The Morgan fingerprint density at radius 2 is 1.88 bits per heavy atom. The van der Waals surface area contributed by atoms with E-state index in [1.807, 2.05) is 0 Å². The van der Waals surface area contributed by atoms with Gasteiger partial charge in [0.2, 0.25) is 11.8 Å². The van der Waals surface area contributed by atoms with Gasteiger partial charge in [-0.25, -0.2) is 13.6 Å². The molecule has 3 amide bonds. The minimum atomic E-state index is -1.02. The van der Waals surface area contributed by atoms with Crippen molar-refractivity contribution >= 4 is 23.6 Å². The van der Waals surface area contributed by atoms with Gasteiger partial charge < -0.3 is 15.0 Å². The van der Waals surface area contributed by atoms with Gasteiger partial charge >= 0.3 is 6.09 Å². The van der Waals surface area contributed by atoms with Crippen LogP contribution in [0.15, 0.2) is 12.1 Å². The zero-order valence-electron chi connectivity index (χ0n) is 17.7. The van der Waals surface area contributed by atoms with Gasteiger partial charge in [-0.2, -0.15) is 0 Å². The topological polar surface area (TPSA) is 87.7 Å². The number of hydrogen-bond donors (Lipinski definition) is 2. The maximum absolute atomic E-state index is 14.7. The summed E-state index contributed by atoms with van der Waals surface area (Å²) in [6.45, 7) is 1.29. The normalized spacial score (nSPS) is 29.6. The monoisotopic (exact) mass is 447 g/mol. The number of amides is 3. The lowest BCUT2D eigenvalue weighted by atomic mass is 9.89. The van der Waals surface area contributed by atoms with E-state index < -0.39 is 35.5 Å². The molecule has 1 aromatic rings. The van der Waals surface area contributed by atoms with E-state index in [0.29, 0.717) is 37.2 Å². The van der Waals surface area contributed by atoms with Gasteiger partial charge in [0.05, 0.1) is 18.6 Å². The lowest BCUT2D eigenvalue weighted by molar-refractivity contribution is -0.134. The van der Waals surface area contributed by atoms with Crippen LogP contribution in [0.2, 0.25) is 0 Å². The van der Waals surface area contributed by atoms with Gasteiger partial charge in [-0.1, -0.05) is 6.42 Å². The van der Waals surface area contributed by atoms with Crippen LogP contribution in [0.25, 0.3) is 0 Å². The van der Waals surface area contributed by atoms with E-state index in [0.717, 1.165) is 12.3 Å². The van der Waals surface area contributed by atoms with Crippen molar-refractivity contribution in [1.82, 2.24) is 10.6 Å². The molecule has 9 heteroatoms. The summed E-state index contributed by atoms with van der Waals surface area (Å²) in [5.41, 5.74) is 0.0441. The van der Waals surface area contributed by atoms with Gasteiger partial charge in [-0.05, 0) is 55.6 Å². The fourth-order valence-electron chi connectivity index (χ4n) is 5.81. The molecule has 4 aliphatic rings. The standard InChI is InChI=1S/C23H27F2N3O4/c24-18-7-16(8-19(25)21(18)17-3-4-20(29)27-22(17)30)28-9-15(10-28)26-23(31)32-11-14-6-12-1-2-13(14)5-12/h7-8,12-15,17H,1-6,9-11H2,(H,26,31)(H,27,29,30)/t12-,13?,14?,17?/m0/s1. The molecule has 1 aromatic carbocycles. The zero-order chi connectivity index (χ0) is 22.4. The first-order chi connectivity index (χ1) is 15.4. The van der Waals surface area contributed by atoms with Gasteiger partial charge in [0.1, 0.15) is 11.6 Å². The summed E-state index contributed by atoms with van der Waals surface area (Å²) in [6, 6.07) is 2.25. The first-order valence-electron chi connectivity index (χ1n) is 11.4. The predicted molar refractivity (Wildman–Crippen MR) is 111 cm³/mol. The second-order valence-corrected chi connectivity index (χ2v) is 9.61. The van der Waals surface area contributed by atoms with Gasteiger partial charge in [0.15, 0.2) is 0 Å². The number of anilines is 1. The molecule has 2 heterocycles. The Kier molecular flexibility index (Phi) is 5.51. The number of nitrogens with zero attached hydrogens (tertiary/aromatic N) is 1. The Bertz CT molecular complexity index is 926. The molecule has 7 nitrogen and oxygen atoms in total. The number of carbonyl (C=O) groups excluding carboxylic acids is 3. The highest BCUT2D eigenvalue weighted by Crippen LogP contribution is 2.48. The molecule has 0 spiro atoms. The van der Waals surface area contributed by atoms with Crippen LogP contribution in [0.3, 0.4) is 0 Å². The maximum atomic E-state index is 14.7. The predicted octanol–water partition coefficient (Wildman–Crippen LogP) is 2.84. The van der Waals surface area contributed by atoms with Crippen LogP contribution in [-0.4, -0.2) is 43.6 Å². The highest BCUT2D eigenvalue weighted by Gasteiger charge is 2.40. The number of fused-ring (bicyclic) bond motifs is 2. The van der Waals surface area contributed by atoms with E-state index in [-0.39, 0.29) is 24.4 Å². The summed E-state index contributed by atoms with van der Waals surface area (Å²) >= 11 is 0. The number of hydrogen-bond acceptors (Lipinski definition) is 5. The molecule has 2 saturated heterocycles. The van der Waals surface area contributed by atoms with Crippen LogP contribution in [0.1, 0.15) is 50.0 Å². The maximum Gasteiger partial charge on any atom is 0.407 e. The molecule has 2 saturated carbocycles. The molecule has 0 radical (unpaired) electrons. The molecular weight excluding hydrogens is 420 g/mol. The summed E-state index contributed by atoms with van der Waals surface area (Å²) in [7, 11) is 0. The molecule has 0 aromatic heterocycles. The van der Waals surface area contributed by atoms with Crippen LogP contribution in [0, 0.1) is 29.4 Å². The smallest absolute Gasteiger partial charge is 0.407 e. The van der Waals surface area contributed by atoms with Crippen LogP contribution in [0.5, 0.6) is 0 Å². The lowest BCUT2D eigenvalue weighted by Crippen LogP contribution is -2.59. The van der Waals surface area contributed by atoms with E-state index in [1.165, 1.54) is 31.4 Å². The second kappa shape index (κ2) is 8.33. The molecule has 172 valence electrons. The van der Waals surface area contributed by atoms with E-state index in [2.05, 4.69) is 10.6 Å². The minimum absolute atomic E-state index is 0.0502. The Morgan fingerprint density at radius 1 is 1.12 bits per heavy atom. The van der Waals surface area contributed by atoms with Crippen molar-refractivity contribution in [3.05, 3.63) is 29.3 Å². The Labute approximate surface area is 184 Å². The summed E-state index contributed by atoms with van der Waals surface area (Å²) in [4.78, 5) is 37.1. The number of rotatable bonds is 5. The van der Waals surface area contributed by atoms with E-state index in [1.54, 1.807) is 4.90 Å². The van der Waals surface area contributed by atoms with Gasteiger partial charge in [-0.15, -0.1) is 0 Å². The minimum Gasteiger partial charge on any atom is -0.449 e. The molecule has 4 fully saturated rings. The van der Waals surface area contributed by atoms with Crippen LogP contribution in [-0.2, 0) is 14.3 Å². The molecular formula is C23H27F2N3O4. The number of carbonyl (C=O) groups is 3. The average Bonchev–Trinajstić information content (AvgIpc) is 3.33. The van der Waals surface area contributed by atoms with E-state index in [9.17, 15) is 23.2 Å². The fraction of sp³-hybridized carbons (Fsp3) is 0.609. The number of imide groups is 1. The van der Waals surface area contributed by atoms with Crippen molar-refractivity contribution in [1.29, 1.82) is 0 Å². The summed E-state index contributed by atoms with van der Waals surface area (Å²) in [5, 5.41) is 4.94. The molecule has 32 heavy (non-hydrogen) atoms. The lowest BCUT2D eigenvalue weighted by Gasteiger charge is -2.41. The number of alkyl carbamates (subject to hydrolysis) is 1. The van der Waals surface area contributed by atoms with Crippen molar-refractivity contribution in [2.75, 3.05) is 24.6 Å². The first-order valence-corrected chi connectivity index (χ1v) is 11.4. The molecule has 2 N–H and O–H groups in total. The number of piperidine rings is 1. The Balaban J connectivity index is 1.12. The SMILES string of the molecule is O=C1CCC(c2c(F)cc(N3CC(NC(=O)OCC4C[C@H]5CCC4C5)C3)cc2F)C(=O)N1. The van der Waals surface area contributed by atoms with E-state index >= 15 is 0 Å². The van der Waals surface area contributed by atoms with Crippen molar-refractivity contribution in [3.63, 3.8) is 0 Å². The molecule has 2 aliphatic carbocycles. The third kappa shape index (κ3) is 4.04.